The third kappa shape index (κ3) is 0.690. The zero-order chi connectivity index (χ0) is 7.84. The van der Waals surface area contributed by atoms with Gasteiger partial charge in [-0.25, -0.2) is 4.39 Å². The molecule has 0 aliphatic rings. The van der Waals surface area contributed by atoms with Crippen molar-refractivity contribution >= 4 is 17.4 Å². The van der Waals surface area contributed by atoms with Crippen LogP contribution in [0, 0.1) is 5.82 Å². The molecular weight excluding hydrogens is 149 g/mol. The van der Waals surface area contributed by atoms with E-state index in [0.717, 1.165) is 0 Å². The maximum atomic E-state index is 12.9. The Bertz CT molecular complexity index is 401. The average molecular weight is 153 g/mol. The maximum Gasteiger partial charge on any atom is 0.194 e. The molecule has 0 bridgehead atoms. The Kier molecular flexibility index (Phi) is 1.09. The third-order valence-electron chi connectivity index (χ3n) is 1.49. The van der Waals surface area contributed by atoms with Gasteiger partial charge in [0, 0.05) is 6.07 Å². The van der Waals surface area contributed by atoms with Gasteiger partial charge in [0.05, 0.1) is 11.8 Å². The summed E-state index contributed by atoms with van der Waals surface area (Å²) in [5, 5.41) is 0. The Morgan fingerprint density at radius 2 is 2.45 bits per heavy atom. The van der Waals surface area contributed by atoms with E-state index in [2.05, 4.69) is 4.98 Å². The molecule has 56 valence electrons. The standard InChI is InChI=1S/C7H4FNO2/c8-6-5(3-10)9-4-1-2-11-7(4)6/h1-3,9H. The second kappa shape index (κ2) is 1.95. The summed E-state index contributed by atoms with van der Waals surface area (Å²) in [6, 6.07) is 1.56. The van der Waals surface area contributed by atoms with E-state index in [1.165, 1.54) is 6.26 Å². The highest BCUT2D eigenvalue weighted by Crippen LogP contribution is 2.19. The largest absolute Gasteiger partial charge is 0.460 e. The summed E-state index contributed by atoms with van der Waals surface area (Å²) in [4.78, 5) is 12.7. The van der Waals surface area contributed by atoms with Gasteiger partial charge >= 0.3 is 0 Å². The second-order valence-corrected chi connectivity index (χ2v) is 2.13. The average Bonchev–Trinajstić information content (AvgIpc) is 2.53. The molecule has 0 spiro atoms. The number of fused-ring (bicyclic) bond motifs is 1. The molecule has 2 aromatic rings. The quantitative estimate of drug-likeness (QED) is 0.634. The summed E-state index contributed by atoms with van der Waals surface area (Å²) in [5.41, 5.74) is 0.538. The third-order valence-corrected chi connectivity index (χ3v) is 1.49. The molecule has 0 saturated heterocycles. The molecule has 0 atom stereocenters. The Morgan fingerprint density at radius 1 is 1.64 bits per heavy atom. The number of nitrogens with one attached hydrogen (secondary N) is 1. The monoisotopic (exact) mass is 153 g/mol. The number of furan rings is 1. The lowest BCUT2D eigenvalue weighted by atomic mass is 10.4. The van der Waals surface area contributed by atoms with Gasteiger partial charge in [-0.3, -0.25) is 4.79 Å². The van der Waals surface area contributed by atoms with E-state index in [1.54, 1.807) is 6.07 Å². The highest BCUT2D eigenvalue weighted by molar-refractivity contribution is 5.85. The highest BCUT2D eigenvalue weighted by atomic mass is 19.1. The molecule has 3 nitrogen and oxygen atoms in total. The van der Waals surface area contributed by atoms with Gasteiger partial charge < -0.3 is 9.40 Å². The van der Waals surface area contributed by atoms with Crippen LogP contribution >= 0.6 is 0 Å². The van der Waals surface area contributed by atoms with E-state index in [4.69, 9.17) is 4.42 Å². The van der Waals surface area contributed by atoms with Crippen LogP contribution in [0.2, 0.25) is 0 Å². The second-order valence-electron chi connectivity index (χ2n) is 2.13. The number of aromatic amines is 1. The molecule has 0 aliphatic carbocycles. The summed E-state index contributed by atoms with van der Waals surface area (Å²) in [7, 11) is 0. The molecule has 0 fully saturated rings. The predicted molar refractivity (Wildman–Crippen MR) is 35.9 cm³/mol. The highest BCUT2D eigenvalue weighted by Gasteiger charge is 2.12. The summed E-state index contributed by atoms with van der Waals surface area (Å²) in [6.45, 7) is 0. The van der Waals surface area contributed by atoms with Gasteiger partial charge in [-0.1, -0.05) is 0 Å². The van der Waals surface area contributed by atoms with Crippen LogP contribution in [0.4, 0.5) is 4.39 Å². The van der Waals surface area contributed by atoms with Crippen molar-refractivity contribution in [1.82, 2.24) is 4.98 Å². The van der Waals surface area contributed by atoms with Crippen LogP contribution in [0.3, 0.4) is 0 Å². The maximum absolute atomic E-state index is 12.9. The smallest absolute Gasteiger partial charge is 0.194 e. The van der Waals surface area contributed by atoms with Gasteiger partial charge in [0.15, 0.2) is 17.7 Å². The molecule has 0 radical (unpaired) electrons. The molecule has 0 amide bonds. The predicted octanol–water partition coefficient (Wildman–Crippen LogP) is 1.71. The van der Waals surface area contributed by atoms with E-state index in [1.807, 2.05) is 0 Å². The van der Waals surface area contributed by atoms with Crippen LogP contribution in [0.5, 0.6) is 0 Å². The summed E-state index contributed by atoms with van der Waals surface area (Å²) < 4.78 is 17.7. The number of hydrogen-bond acceptors (Lipinski definition) is 2. The molecule has 0 aromatic carbocycles. The lowest BCUT2D eigenvalue weighted by Gasteiger charge is -1.79. The van der Waals surface area contributed by atoms with Crippen molar-refractivity contribution in [2.45, 2.75) is 0 Å². The SMILES string of the molecule is O=Cc1[nH]c2ccoc2c1F. The van der Waals surface area contributed by atoms with Crippen LogP contribution in [0.1, 0.15) is 10.5 Å². The summed E-state index contributed by atoms with van der Waals surface area (Å²) in [5.74, 6) is -0.625. The molecule has 0 aliphatic heterocycles. The molecule has 0 unspecified atom stereocenters. The minimum absolute atomic E-state index is 0.0700. The normalized spacial score (nSPS) is 10.6. The van der Waals surface area contributed by atoms with Crippen molar-refractivity contribution in [2.24, 2.45) is 0 Å². The van der Waals surface area contributed by atoms with Crippen molar-refractivity contribution in [1.29, 1.82) is 0 Å². The molecule has 2 rings (SSSR count). The van der Waals surface area contributed by atoms with E-state index in [9.17, 15) is 9.18 Å². The fourth-order valence-electron chi connectivity index (χ4n) is 0.981. The topological polar surface area (TPSA) is 46.0 Å². The minimum Gasteiger partial charge on any atom is -0.460 e. The van der Waals surface area contributed by atoms with Crippen LogP contribution in [-0.2, 0) is 0 Å². The van der Waals surface area contributed by atoms with Gasteiger partial charge in [0.25, 0.3) is 0 Å². The number of hydrogen-bond donors (Lipinski definition) is 1. The molecule has 4 heteroatoms. The van der Waals surface area contributed by atoms with E-state index in [0.29, 0.717) is 11.8 Å². The minimum atomic E-state index is -0.625. The fraction of sp³-hybridized carbons (Fsp3) is 0. The van der Waals surface area contributed by atoms with Crippen LogP contribution in [0.15, 0.2) is 16.7 Å². The van der Waals surface area contributed by atoms with Crippen LogP contribution < -0.4 is 0 Å². The molecule has 2 heterocycles. The molecule has 0 saturated carbocycles. The Labute approximate surface area is 60.8 Å². The van der Waals surface area contributed by atoms with Crippen molar-refractivity contribution < 1.29 is 13.6 Å². The Hall–Kier alpha value is -1.58. The number of halogens is 1. The number of H-pyrrole nitrogens is 1. The Balaban J connectivity index is 2.86. The van der Waals surface area contributed by atoms with Crippen molar-refractivity contribution in [3.05, 3.63) is 23.8 Å². The number of aldehydes is 1. The van der Waals surface area contributed by atoms with Crippen molar-refractivity contribution in [3.8, 4) is 0 Å². The lowest BCUT2D eigenvalue weighted by Crippen LogP contribution is -1.81. The molecule has 11 heavy (non-hydrogen) atoms. The van der Waals surface area contributed by atoms with Gasteiger partial charge in [-0.2, -0.15) is 0 Å². The first-order valence-corrected chi connectivity index (χ1v) is 3.03. The first kappa shape index (κ1) is 6.15. The van der Waals surface area contributed by atoms with Crippen molar-refractivity contribution in [3.63, 3.8) is 0 Å². The number of rotatable bonds is 1. The molecule has 2 aromatic heterocycles. The summed E-state index contributed by atoms with van der Waals surface area (Å²) >= 11 is 0. The van der Waals surface area contributed by atoms with Crippen LogP contribution in [0.25, 0.3) is 11.1 Å². The first-order valence-electron chi connectivity index (χ1n) is 3.03. The van der Waals surface area contributed by atoms with E-state index in [-0.39, 0.29) is 11.3 Å². The van der Waals surface area contributed by atoms with Crippen molar-refractivity contribution in [2.75, 3.05) is 0 Å². The zero-order valence-corrected chi connectivity index (χ0v) is 5.43. The zero-order valence-electron chi connectivity index (χ0n) is 5.43. The first-order chi connectivity index (χ1) is 5.33. The van der Waals surface area contributed by atoms with Gasteiger partial charge in [0.2, 0.25) is 0 Å². The molecular formula is C7H4FNO2. The van der Waals surface area contributed by atoms with Gasteiger partial charge in [0.1, 0.15) is 5.69 Å². The number of carbonyl (C=O) groups is 1. The Morgan fingerprint density at radius 3 is 3.09 bits per heavy atom. The van der Waals surface area contributed by atoms with Gasteiger partial charge in [-0.15, -0.1) is 0 Å². The summed E-state index contributed by atoms with van der Waals surface area (Å²) in [6.07, 6.45) is 1.78. The van der Waals surface area contributed by atoms with E-state index < -0.39 is 5.82 Å². The van der Waals surface area contributed by atoms with E-state index >= 15 is 0 Å². The van der Waals surface area contributed by atoms with Gasteiger partial charge in [-0.05, 0) is 0 Å². The number of aromatic nitrogens is 1. The molecule has 1 N–H and O–H groups in total. The fourth-order valence-corrected chi connectivity index (χ4v) is 0.981. The number of carbonyl (C=O) groups excluding carboxylic acids is 1. The van der Waals surface area contributed by atoms with Crippen LogP contribution in [-0.4, -0.2) is 11.3 Å². The lowest BCUT2D eigenvalue weighted by molar-refractivity contribution is 0.111.